The molecule has 1 aromatic carbocycles. The van der Waals surface area contributed by atoms with E-state index in [2.05, 4.69) is 35.6 Å². The van der Waals surface area contributed by atoms with E-state index < -0.39 is 5.82 Å². The fourth-order valence-corrected chi connectivity index (χ4v) is 5.38. The smallest absolute Gasteiger partial charge is 0.181 e. The highest BCUT2D eigenvalue weighted by atomic mass is 35.5. The maximum absolute atomic E-state index is 14.2. The molecule has 1 saturated carbocycles. The number of nitrogens with zero attached hydrogens (tertiary/aromatic N) is 5. The molecular weight excluding hydrogens is 452 g/mol. The Bertz CT molecular complexity index is 1130. The lowest BCUT2D eigenvalue weighted by Gasteiger charge is -2.36. The number of rotatable bonds is 4. The number of benzene rings is 1. The number of aromatic nitrogens is 5. The van der Waals surface area contributed by atoms with Crippen LogP contribution in [0.1, 0.15) is 62.4 Å². The van der Waals surface area contributed by atoms with Gasteiger partial charge in [-0.15, -0.1) is 20.4 Å². The summed E-state index contributed by atoms with van der Waals surface area (Å²) >= 11 is 12.7. The Morgan fingerprint density at radius 3 is 2.72 bits per heavy atom. The van der Waals surface area contributed by atoms with Crippen LogP contribution in [0.5, 0.6) is 0 Å². The van der Waals surface area contributed by atoms with Crippen LogP contribution in [0.3, 0.4) is 0 Å². The largest absolute Gasteiger partial charge is 0.365 e. The second-order valence-electron chi connectivity index (χ2n) is 8.41. The summed E-state index contributed by atoms with van der Waals surface area (Å²) in [6.07, 6.45) is 6.00. The molecule has 0 spiro atoms. The van der Waals surface area contributed by atoms with Gasteiger partial charge in [0.2, 0.25) is 0 Å². The minimum Gasteiger partial charge on any atom is -0.365 e. The minimum absolute atomic E-state index is 0.0414. The number of halogens is 3. The molecule has 3 heterocycles. The van der Waals surface area contributed by atoms with Gasteiger partial charge in [-0.3, -0.25) is 0 Å². The molecule has 2 aromatic heterocycles. The van der Waals surface area contributed by atoms with Crippen molar-refractivity contribution >= 4 is 34.7 Å². The Hall–Kier alpha value is -2.45. The number of anilines is 2. The van der Waals surface area contributed by atoms with Crippen LogP contribution in [0.25, 0.3) is 11.5 Å². The summed E-state index contributed by atoms with van der Waals surface area (Å²) in [5.74, 6) is 2.11. The summed E-state index contributed by atoms with van der Waals surface area (Å²) < 4.78 is 14.2. The minimum atomic E-state index is -0.487. The molecule has 7 nitrogen and oxygen atoms in total. The predicted octanol–water partition coefficient (Wildman–Crippen LogP) is 5.75. The van der Waals surface area contributed by atoms with E-state index in [-0.39, 0.29) is 11.1 Å². The third-order valence-electron chi connectivity index (χ3n) is 6.43. The molecule has 32 heavy (non-hydrogen) atoms. The standard InChI is InChI=1S/C22H24Cl2FN7/c1-12(18-14(23)7-8-15(25)19(18)24)32-10-9-26-22-17(32)11-16(28-31-22)21-27-20(29-30-21)13-5-3-2-4-6-13/h7-8,11-13H,2-6,9-10H2,1H3,(H,26,31)(H,27,29,30)/t12-/m1/s1. The molecule has 0 bridgehead atoms. The Balaban J connectivity index is 1.48. The van der Waals surface area contributed by atoms with Gasteiger partial charge in [0.25, 0.3) is 0 Å². The molecule has 5 rings (SSSR count). The summed E-state index contributed by atoms with van der Waals surface area (Å²) in [5, 5.41) is 21.2. The zero-order chi connectivity index (χ0) is 22.2. The number of H-pyrrole nitrogens is 1. The summed E-state index contributed by atoms with van der Waals surface area (Å²) in [6, 6.07) is 4.48. The molecule has 0 amide bonds. The van der Waals surface area contributed by atoms with Crippen molar-refractivity contribution in [3.8, 4) is 11.5 Å². The van der Waals surface area contributed by atoms with E-state index in [9.17, 15) is 4.39 Å². The van der Waals surface area contributed by atoms with Crippen LogP contribution in [0, 0.1) is 5.82 Å². The van der Waals surface area contributed by atoms with Gasteiger partial charge in [0.05, 0.1) is 16.8 Å². The van der Waals surface area contributed by atoms with E-state index in [0.717, 1.165) is 24.4 Å². The fraction of sp³-hybridized carbons (Fsp3) is 0.455. The molecule has 2 N–H and O–H groups in total. The quantitative estimate of drug-likeness (QED) is 0.467. The summed E-state index contributed by atoms with van der Waals surface area (Å²) in [5.41, 5.74) is 2.00. The van der Waals surface area contributed by atoms with E-state index in [1.807, 2.05) is 13.0 Å². The SMILES string of the molecule is C[C@H](c1c(Cl)ccc(F)c1Cl)N1CCNc2nnc(-c3nnc(C4CCCCC4)[nH]3)cc21. The Labute approximate surface area is 195 Å². The van der Waals surface area contributed by atoms with Crippen LogP contribution in [-0.4, -0.2) is 38.5 Å². The van der Waals surface area contributed by atoms with Crippen molar-refractivity contribution in [1.29, 1.82) is 0 Å². The first-order valence-electron chi connectivity index (χ1n) is 11.0. The molecular formula is C22H24Cl2FN7. The van der Waals surface area contributed by atoms with E-state index in [1.165, 1.54) is 31.4 Å². The first-order chi connectivity index (χ1) is 15.5. The van der Waals surface area contributed by atoms with Gasteiger partial charge in [0.1, 0.15) is 17.3 Å². The van der Waals surface area contributed by atoms with Crippen molar-refractivity contribution in [3.05, 3.63) is 45.4 Å². The first-order valence-corrected chi connectivity index (χ1v) is 11.7. The molecule has 1 atom stereocenters. The molecule has 1 fully saturated rings. The average Bonchev–Trinajstić information content (AvgIpc) is 3.32. The maximum Gasteiger partial charge on any atom is 0.181 e. The van der Waals surface area contributed by atoms with Crippen molar-refractivity contribution in [2.45, 2.75) is 51.0 Å². The fourth-order valence-electron chi connectivity index (χ4n) is 4.69. The summed E-state index contributed by atoms with van der Waals surface area (Å²) in [7, 11) is 0. The third kappa shape index (κ3) is 3.90. The van der Waals surface area contributed by atoms with Gasteiger partial charge < -0.3 is 15.2 Å². The highest BCUT2D eigenvalue weighted by Crippen LogP contribution is 2.40. The lowest BCUT2D eigenvalue weighted by molar-refractivity contribution is 0.429. The molecule has 0 unspecified atom stereocenters. The molecule has 2 aliphatic rings. The number of fused-ring (bicyclic) bond motifs is 1. The molecule has 10 heteroatoms. The number of aromatic amines is 1. The van der Waals surface area contributed by atoms with Crippen LogP contribution in [0.2, 0.25) is 10.0 Å². The lowest BCUT2D eigenvalue weighted by Crippen LogP contribution is -2.37. The molecule has 3 aromatic rings. The maximum atomic E-state index is 14.2. The third-order valence-corrected chi connectivity index (χ3v) is 7.15. The normalized spacial score (nSPS) is 17.7. The number of nitrogens with one attached hydrogen (secondary N) is 2. The molecule has 0 saturated heterocycles. The average molecular weight is 476 g/mol. The van der Waals surface area contributed by atoms with Crippen molar-refractivity contribution in [1.82, 2.24) is 25.4 Å². The van der Waals surface area contributed by atoms with Gasteiger partial charge in [0, 0.05) is 29.6 Å². The van der Waals surface area contributed by atoms with Crippen molar-refractivity contribution < 1.29 is 4.39 Å². The van der Waals surface area contributed by atoms with Gasteiger partial charge in [-0.1, -0.05) is 42.5 Å². The monoisotopic (exact) mass is 475 g/mol. The van der Waals surface area contributed by atoms with E-state index >= 15 is 0 Å². The van der Waals surface area contributed by atoms with Crippen molar-refractivity contribution in [2.24, 2.45) is 0 Å². The van der Waals surface area contributed by atoms with Crippen LogP contribution < -0.4 is 10.2 Å². The Morgan fingerprint density at radius 2 is 1.91 bits per heavy atom. The summed E-state index contributed by atoms with van der Waals surface area (Å²) in [6.45, 7) is 3.30. The molecule has 1 aliphatic heterocycles. The molecule has 1 aliphatic carbocycles. The zero-order valence-corrected chi connectivity index (χ0v) is 19.2. The van der Waals surface area contributed by atoms with Crippen LogP contribution in [0.15, 0.2) is 18.2 Å². The Kier molecular flexibility index (Phi) is 5.90. The highest BCUT2D eigenvalue weighted by molar-refractivity contribution is 6.36. The second-order valence-corrected chi connectivity index (χ2v) is 9.20. The molecule has 0 radical (unpaired) electrons. The Morgan fingerprint density at radius 1 is 1.09 bits per heavy atom. The van der Waals surface area contributed by atoms with Gasteiger partial charge in [-0.05, 0) is 38.0 Å². The second kappa shape index (κ2) is 8.83. The van der Waals surface area contributed by atoms with Gasteiger partial charge in [-0.2, -0.15) is 0 Å². The highest BCUT2D eigenvalue weighted by Gasteiger charge is 2.29. The summed E-state index contributed by atoms with van der Waals surface area (Å²) in [4.78, 5) is 5.46. The zero-order valence-electron chi connectivity index (χ0n) is 17.7. The van der Waals surface area contributed by atoms with Crippen molar-refractivity contribution in [3.63, 3.8) is 0 Å². The van der Waals surface area contributed by atoms with E-state index in [4.69, 9.17) is 23.2 Å². The van der Waals surface area contributed by atoms with Crippen molar-refractivity contribution in [2.75, 3.05) is 23.3 Å². The number of hydrogen-bond acceptors (Lipinski definition) is 6. The topological polar surface area (TPSA) is 82.6 Å². The van der Waals surface area contributed by atoms with Gasteiger partial charge in [0.15, 0.2) is 11.6 Å². The first kappa shape index (κ1) is 21.4. The van der Waals surface area contributed by atoms with Crippen LogP contribution in [0.4, 0.5) is 15.9 Å². The van der Waals surface area contributed by atoms with Gasteiger partial charge >= 0.3 is 0 Å². The van der Waals surface area contributed by atoms with E-state index in [0.29, 0.717) is 46.9 Å². The van der Waals surface area contributed by atoms with Crippen LogP contribution in [-0.2, 0) is 0 Å². The van der Waals surface area contributed by atoms with E-state index in [1.54, 1.807) is 0 Å². The lowest BCUT2D eigenvalue weighted by atomic mass is 9.89. The van der Waals surface area contributed by atoms with Gasteiger partial charge in [-0.25, -0.2) is 4.39 Å². The number of hydrogen-bond donors (Lipinski definition) is 2. The molecule has 168 valence electrons. The van der Waals surface area contributed by atoms with Crippen LogP contribution >= 0.6 is 23.2 Å². The predicted molar refractivity (Wildman–Crippen MR) is 124 cm³/mol.